The van der Waals surface area contributed by atoms with E-state index in [2.05, 4.69) is 6.92 Å². The first-order valence-corrected chi connectivity index (χ1v) is 5.67. The van der Waals surface area contributed by atoms with E-state index in [0.29, 0.717) is 5.02 Å². The molecule has 2 aromatic rings. The van der Waals surface area contributed by atoms with Crippen LogP contribution in [-0.2, 0) is 6.42 Å². The van der Waals surface area contributed by atoms with Gasteiger partial charge in [0.25, 0.3) is 0 Å². The van der Waals surface area contributed by atoms with Crippen molar-refractivity contribution in [2.45, 2.75) is 13.3 Å². The normalized spacial score (nSPS) is 10.4. The first-order valence-electron chi connectivity index (χ1n) is 5.29. The third kappa shape index (κ3) is 2.05. The van der Waals surface area contributed by atoms with Gasteiger partial charge >= 0.3 is 0 Å². The fraction of sp³-hybridized carbons (Fsp3) is 0.143. The van der Waals surface area contributed by atoms with Crippen molar-refractivity contribution in [1.29, 1.82) is 0 Å². The van der Waals surface area contributed by atoms with Crippen LogP contribution in [0.2, 0.25) is 5.02 Å². The Bertz CT molecular complexity index is 506. The van der Waals surface area contributed by atoms with Gasteiger partial charge in [0.2, 0.25) is 0 Å². The predicted molar refractivity (Wildman–Crippen MR) is 67.9 cm³/mol. The van der Waals surface area contributed by atoms with Crippen LogP contribution < -0.4 is 0 Å². The van der Waals surface area contributed by atoms with Crippen LogP contribution in [0.3, 0.4) is 0 Å². The lowest BCUT2D eigenvalue weighted by molar-refractivity contribution is 0.477. The molecule has 16 heavy (non-hydrogen) atoms. The van der Waals surface area contributed by atoms with Gasteiger partial charge in [-0.05, 0) is 30.2 Å². The standard InChI is InChI=1S/C14H13ClO/c1-2-10-7-8-14(16)12(9-10)11-5-3-4-6-13(11)15/h3-9,16H,2H2,1H3. The highest BCUT2D eigenvalue weighted by atomic mass is 35.5. The molecule has 0 bridgehead atoms. The lowest BCUT2D eigenvalue weighted by atomic mass is 10.0. The Balaban J connectivity index is 2.59. The molecule has 0 aliphatic heterocycles. The van der Waals surface area contributed by atoms with E-state index in [-0.39, 0.29) is 5.75 Å². The number of hydrogen-bond acceptors (Lipinski definition) is 1. The highest BCUT2D eigenvalue weighted by Gasteiger charge is 2.08. The van der Waals surface area contributed by atoms with E-state index in [9.17, 15) is 5.11 Å². The summed E-state index contributed by atoms with van der Waals surface area (Å²) in [5.41, 5.74) is 2.86. The van der Waals surface area contributed by atoms with Crippen LogP contribution in [0.15, 0.2) is 42.5 Å². The SMILES string of the molecule is CCc1ccc(O)c(-c2ccccc2Cl)c1. The molecule has 1 N–H and O–H groups in total. The molecule has 0 saturated heterocycles. The van der Waals surface area contributed by atoms with Crippen LogP contribution in [0.1, 0.15) is 12.5 Å². The molecular formula is C14H13ClO. The maximum absolute atomic E-state index is 9.85. The summed E-state index contributed by atoms with van der Waals surface area (Å²) in [7, 11) is 0. The van der Waals surface area contributed by atoms with E-state index in [1.807, 2.05) is 36.4 Å². The number of rotatable bonds is 2. The molecule has 0 aliphatic carbocycles. The predicted octanol–water partition coefficient (Wildman–Crippen LogP) is 4.28. The second kappa shape index (κ2) is 4.58. The Kier molecular flexibility index (Phi) is 3.16. The molecule has 0 amide bonds. The van der Waals surface area contributed by atoms with Crippen LogP contribution in [0.25, 0.3) is 11.1 Å². The summed E-state index contributed by atoms with van der Waals surface area (Å²) in [6, 6.07) is 13.2. The highest BCUT2D eigenvalue weighted by molar-refractivity contribution is 6.33. The zero-order valence-corrected chi connectivity index (χ0v) is 9.83. The first kappa shape index (κ1) is 11.0. The van der Waals surface area contributed by atoms with E-state index < -0.39 is 0 Å². The number of phenols is 1. The van der Waals surface area contributed by atoms with Crippen LogP contribution in [0.5, 0.6) is 5.75 Å². The summed E-state index contributed by atoms with van der Waals surface area (Å²) in [6.07, 6.45) is 0.942. The molecule has 2 heteroatoms. The molecule has 0 aromatic heterocycles. The fourth-order valence-corrected chi connectivity index (χ4v) is 1.94. The molecule has 0 spiro atoms. The Hall–Kier alpha value is -1.47. The lowest BCUT2D eigenvalue weighted by Gasteiger charge is -2.08. The topological polar surface area (TPSA) is 20.2 Å². The molecule has 0 fully saturated rings. The van der Waals surface area contributed by atoms with Crippen LogP contribution in [0.4, 0.5) is 0 Å². The maximum Gasteiger partial charge on any atom is 0.123 e. The van der Waals surface area contributed by atoms with Gasteiger partial charge < -0.3 is 5.11 Å². The summed E-state index contributed by atoms with van der Waals surface area (Å²) >= 11 is 6.12. The van der Waals surface area contributed by atoms with Gasteiger partial charge in [-0.15, -0.1) is 0 Å². The minimum atomic E-state index is 0.269. The Morgan fingerprint density at radius 1 is 1.06 bits per heavy atom. The van der Waals surface area contributed by atoms with Crippen molar-refractivity contribution in [3.63, 3.8) is 0 Å². The molecule has 82 valence electrons. The summed E-state index contributed by atoms with van der Waals surface area (Å²) < 4.78 is 0. The molecule has 2 rings (SSSR count). The van der Waals surface area contributed by atoms with Gasteiger partial charge in [0.05, 0.1) is 0 Å². The summed E-state index contributed by atoms with van der Waals surface area (Å²) in [6.45, 7) is 2.09. The van der Waals surface area contributed by atoms with Crippen LogP contribution in [-0.4, -0.2) is 5.11 Å². The minimum Gasteiger partial charge on any atom is -0.507 e. The van der Waals surface area contributed by atoms with Gasteiger partial charge in [0.1, 0.15) is 5.75 Å². The number of halogens is 1. The van der Waals surface area contributed by atoms with Gasteiger partial charge in [-0.1, -0.05) is 42.8 Å². The third-order valence-corrected chi connectivity index (χ3v) is 2.96. The lowest BCUT2D eigenvalue weighted by Crippen LogP contribution is -1.85. The van der Waals surface area contributed by atoms with Crippen molar-refractivity contribution in [3.05, 3.63) is 53.1 Å². The minimum absolute atomic E-state index is 0.269. The average molecular weight is 233 g/mol. The van der Waals surface area contributed by atoms with E-state index >= 15 is 0 Å². The quantitative estimate of drug-likeness (QED) is 0.820. The van der Waals surface area contributed by atoms with Crippen molar-refractivity contribution in [3.8, 4) is 16.9 Å². The van der Waals surface area contributed by atoms with Crippen molar-refractivity contribution in [2.24, 2.45) is 0 Å². The number of aryl methyl sites for hydroxylation is 1. The van der Waals surface area contributed by atoms with Gasteiger partial charge in [0, 0.05) is 16.1 Å². The number of benzene rings is 2. The Morgan fingerprint density at radius 2 is 1.81 bits per heavy atom. The van der Waals surface area contributed by atoms with Gasteiger partial charge in [-0.25, -0.2) is 0 Å². The number of aromatic hydroxyl groups is 1. The van der Waals surface area contributed by atoms with Gasteiger partial charge in [0.15, 0.2) is 0 Å². The molecule has 0 aliphatic rings. The Labute approximate surface area is 100 Å². The van der Waals surface area contributed by atoms with Crippen LogP contribution >= 0.6 is 11.6 Å². The molecule has 0 atom stereocenters. The van der Waals surface area contributed by atoms with Crippen LogP contribution in [0, 0.1) is 0 Å². The summed E-state index contributed by atoms with van der Waals surface area (Å²) in [5, 5.41) is 10.5. The van der Waals surface area contributed by atoms with E-state index in [0.717, 1.165) is 17.5 Å². The monoisotopic (exact) mass is 232 g/mol. The summed E-state index contributed by atoms with van der Waals surface area (Å²) in [5.74, 6) is 0.269. The average Bonchev–Trinajstić information content (AvgIpc) is 2.31. The molecule has 0 heterocycles. The maximum atomic E-state index is 9.85. The molecule has 2 aromatic carbocycles. The molecular weight excluding hydrogens is 220 g/mol. The van der Waals surface area contributed by atoms with Crippen molar-refractivity contribution in [1.82, 2.24) is 0 Å². The largest absolute Gasteiger partial charge is 0.507 e. The van der Waals surface area contributed by atoms with Crippen molar-refractivity contribution >= 4 is 11.6 Å². The second-order valence-electron chi connectivity index (χ2n) is 3.68. The first-order chi connectivity index (χ1) is 7.72. The zero-order chi connectivity index (χ0) is 11.5. The molecule has 0 unspecified atom stereocenters. The Morgan fingerprint density at radius 3 is 2.50 bits per heavy atom. The zero-order valence-electron chi connectivity index (χ0n) is 9.07. The summed E-state index contributed by atoms with van der Waals surface area (Å²) in [4.78, 5) is 0. The number of phenolic OH excluding ortho intramolecular Hbond substituents is 1. The molecule has 1 nitrogen and oxygen atoms in total. The third-order valence-electron chi connectivity index (χ3n) is 2.63. The van der Waals surface area contributed by atoms with Gasteiger partial charge in [-0.2, -0.15) is 0 Å². The smallest absolute Gasteiger partial charge is 0.123 e. The second-order valence-corrected chi connectivity index (χ2v) is 4.09. The highest BCUT2D eigenvalue weighted by Crippen LogP contribution is 2.34. The fourth-order valence-electron chi connectivity index (χ4n) is 1.70. The van der Waals surface area contributed by atoms with Crippen molar-refractivity contribution < 1.29 is 5.11 Å². The number of hydrogen-bond donors (Lipinski definition) is 1. The van der Waals surface area contributed by atoms with E-state index in [1.165, 1.54) is 5.56 Å². The van der Waals surface area contributed by atoms with Crippen molar-refractivity contribution in [2.75, 3.05) is 0 Å². The van der Waals surface area contributed by atoms with Gasteiger partial charge in [-0.3, -0.25) is 0 Å². The van der Waals surface area contributed by atoms with E-state index in [4.69, 9.17) is 11.6 Å². The van der Waals surface area contributed by atoms with E-state index in [1.54, 1.807) is 6.07 Å². The molecule has 0 radical (unpaired) electrons. The molecule has 0 saturated carbocycles.